The smallest absolute Gasteiger partial charge is 0.348 e. The number of halogens is 3. The monoisotopic (exact) mass is 445 g/mol. The van der Waals surface area contributed by atoms with Crippen molar-refractivity contribution in [1.29, 1.82) is 5.26 Å². The lowest BCUT2D eigenvalue weighted by atomic mass is 9.97. The molecule has 3 aromatic rings. The van der Waals surface area contributed by atoms with Crippen molar-refractivity contribution in [3.8, 4) is 6.07 Å². The number of carbonyl (C=O) groups is 1. The maximum Gasteiger partial charge on any atom is 0.417 e. The molecule has 1 fully saturated rings. The molecule has 0 aromatic carbocycles. The van der Waals surface area contributed by atoms with Gasteiger partial charge in [0.25, 0.3) is 5.56 Å². The largest absolute Gasteiger partial charge is 0.417 e. The van der Waals surface area contributed by atoms with Crippen LogP contribution in [0.3, 0.4) is 0 Å². The minimum atomic E-state index is -4.84. The molecular formula is C22H22F3N5O2. The highest BCUT2D eigenvalue weighted by molar-refractivity contribution is 5.88. The molecule has 0 bridgehead atoms. The Morgan fingerprint density at radius 1 is 1.34 bits per heavy atom. The van der Waals surface area contributed by atoms with E-state index in [9.17, 15) is 22.8 Å². The Hall–Kier alpha value is -3.74. The third-order valence-corrected chi connectivity index (χ3v) is 5.38. The zero-order valence-electron chi connectivity index (χ0n) is 17.0. The van der Waals surface area contributed by atoms with Gasteiger partial charge in [-0.2, -0.15) is 18.4 Å². The van der Waals surface area contributed by atoms with Crippen molar-refractivity contribution in [2.24, 2.45) is 0 Å². The Morgan fingerprint density at radius 2 is 2.09 bits per heavy atom. The second-order valence-electron chi connectivity index (χ2n) is 7.75. The molecule has 1 saturated carbocycles. The number of pyridine rings is 3. The molecule has 0 spiro atoms. The number of alkyl halides is 3. The summed E-state index contributed by atoms with van der Waals surface area (Å²) in [5.74, 6) is -0.842. The van der Waals surface area contributed by atoms with E-state index in [1.807, 2.05) is 6.07 Å². The first-order chi connectivity index (χ1) is 15.2. The second-order valence-corrected chi connectivity index (χ2v) is 7.75. The van der Waals surface area contributed by atoms with Crippen LogP contribution < -0.4 is 10.9 Å². The molecule has 4 rings (SSSR count). The van der Waals surface area contributed by atoms with Crippen molar-refractivity contribution in [2.45, 2.75) is 44.3 Å². The Bertz CT molecular complexity index is 1300. The fourth-order valence-corrected chi connectivity index (χ4v) is 3.71. The van der Waals surface area contributed by atoms with Gasteiger partial charge < -0.3 is 10.3 Å². The minimum absolute atomic E-state index is 0. The zero-order valence-corrected chi connectivity index (χ0v) is 17.0. The Kier molecular flexibility index (Phi) is 5.42. The molecule has 0 saturated heterocycles. The van der Waals surface area contributed by atoms with Crippen molar-refractivity contribution in [1.82, 2.24) is 20.3 Å². The van der Waals surface area contributed by atoms with Gasteiger partial charge in [-0.3, -0.25) is 19.6 Å². The summed E-state index contributed by atoms with van der Waals surface area (Å²) in [7, 11) is 0. The molecule has 1 atom stereocenters. The number of aromatic amines is 1. The normalized spacial score (nSPS) is 14.7. The average Bonchev–Trinajstić information content (AvgIpc) is 3.58. The Morgan fingerprint density at radius 3 is 2.69 bits per heavy atom. The molecule has 32 heavy (non-hydrogen) atoms. The molecule has 10 heteroatoms. The summed E-state index contributed by atoms with van der Waals surface area (Å²) in [4.78, 5) is 35.8. The molecule has 1 aliphatic carbocycles. The van der Waals surface area contributed by atoms with E-state index in [1.165, 1.54) is 24.5 Å². The van der Waals surface area contributed by atoms with Gasteiger partial charge in [0.2, 0.25) is 5.91 Å². The molecule has 1 aliphatic rings. The standard InChI is InChI=1S/C22H18F3N5O2.2H2/c1-11(15-5-2-12(9-26)10-28-15)29-17(31)8-14-19(22(23,24)25)18-16(30-21(14)32)6-7-27-20(18)13-3-4-13;;/h2,5-7,10-11,13H,3-4,8H2,1H3,(H,29,31)(H,30,32);2*1H/t11-;;/m0../s1. The first-order valence-electron chi connectivity index (χ1n) is 9.95. The van der Waals surface area contributed by atoms with Gasteiger partial charge in [0.15, 0.2) is 0 Å². The van der Waals surface area contributed by atoms with Crippen LogP contribution in [0.4, 0.5) is 13.2 Å². The Balaban J connectivity index is 0.00000204. The quantitative estimate of drug-likeness (QED) is 0.617. The van der Waals surface area contributed by atoms with Crippen LogP contribution in [0.25, 0.3) is 10.9 Å². The molecule has 0 unspecified atom stereocenters. The summed E-state index contributed by atoms with van der Waals surface area (Å²) >= 11 is 0. The molecule has 0 aliphatic heterocycles. The molecule has 0 radical (unpaired) electrons. The van der Waals surface area contributed by atoms with E-state index in [0.29, 0.717) is 17.0 Å². The lowest BCUT2D eigenvalue weighted by molar-refractivity contribution is -0.137. The summed E-state index contributed by atoms with van der Waals surface area (Å²) in [6, 6.07) is 5.69. The van der Waals surface area contributed by atoms with E-state index < -0.39 is 41.2 Å². The third kappa shape index (κ3) is 4.19. The number of hydrogen-bond acceptors (Lipinski definition) is 5. The molecule has 3 heterocycles. The summed E-state index contributed by atoms with van der Waals surface area (Å²) < 4.78 is 42.4. The van der Waals surface area contributed by atoms with Gasteiger partial charge in [-0.15, -0.1) is 0 Å². The van der Waals surface area contributed by atoms with Crippen molar-refractivity contribution >= 4 is 16.8 Å². The fourth-order valence-electron chi connectivity index (χ4n) is 3.71. The topological polar surface area (TPSA) is 112 Å². The summed E-state index contributed by atoms with van der Waals surface area (Å²) in [5, 5.41) is 11.3. The van der Waals surface area contributed by atoms with Gasteiger partial charge >= 0.3 is 6.18 Å². The SMILES string of the molecule is C[C@H](NC(=O)Cc1c(C(F)(F)F)c2c(C3CC3)nccc2[nH]c1=O)c1ccc(C#N)cn1.[HH].[HH]. The first-order valence-corrected chi connectivity index (χ1v) is 9.95. The number of nitrogens with zero attached hydrogens (tertiary/aromatic N) is 3. The van der Waals surface area contributed by atoms with Crippen LogP contribution in [-0.4, -0.2) is 20.9 Å². The van der Waals surface area contributed by atoms with Gasteiger partial charge in [-0.1, -0.05) is 0 Å². The van der Waals surface area contributed by atoms with Crippen LogP contribution in [0.2, 0.25) is 0 Å². The van der Waals surface area contributed by atoms with Crippen LogP contribution in [0.5, 0.6) is 0 Å². The highest BCUT2D eigenvalue weighted by Gasteiger charge is 2.40. The van der Waals surface area contributed by atoms with Crippen LogP contribution in [0.15, 0.2) is 35.4 Å². The highest BCUT2D eigenvalue weighted by atomic mass is 19.4. The number of fused-ring (bicyclic) bond motifs is 1. The lowest BCUT2D eigenvalue weighted by Crippen LogP contribution is -2.32. The Labute approximate surface area is 183 Å². The van der Waals surface area contributed by atoms with E-state index >= 15 is 0 Å². The van der Waals surface area contributed by atoms with E-state index in [2.05, 4.69) is 20.3 Å². The molecular weight excluding hydrogens is 423 g/mol. The van der Waals surface area contributed by atoms with Gasteiger partial charge in [-0.05, 0) is 38.0 Å². The fraction of sp³-hybridized carbons (Fsp3) is 0.318. The van der Waals surface area contributed by atoms with Crippen LogP contribution in [0.1, 0.15) is 62.7 Å². The number of hydrogen-bond donors (Lipinski definition) is 2. The minimum Gasteiger partial charge on any atom is -0.348 e. The predicted octanol–water partition coefficient (Wildman–Crippen LogP) is 4.00. The number of nitrogens with one attached hydrogen (secondary N) is 2. The predicted molar refractivity (Wildman–Crippen MR) is 113 cm³/mol. The molecule has 1 amide bonds. The van der Waals surface area contributed by atoms with Crippen molar-refractivity contribution in [3.05, 3.63) is 69.0 Å². The number of rotatable bonds is 5. The van der Waals surface area contributed by atoms with Gasteiger partial charge in [0.1, 0.15) is 6.07 Å². The van der Waals surface area contributed by atoms with Crippen molar-refractivity contribution in [3.63, 3.8) is 0 Å². The maximum absolute atomic E-state index is 14.1. The van der Waals surface area contributed by atoms with Crippen LogP contribution >= 0.6 is 0 Å². The average molecular weight is 445 g/mol. The second kappa shape index (κ2) is 8.07. The number of H-pyrrole nitrogens is 1. The summed E-state index contributed by atoms with van der Waals surface area (Å²) in [6.45, 7) is 1.61. The zero-order chi connectivity index (χ0) is 23.0. The van der Waals surface area contributed by atoms with Gasteiger partial charge in [0, 0.05) is 32.1 Å². The molecule has 3 aromatic heterocycles. The number of aromatic nitrogens is 3. The van der Waals surface area contributed by atoms with E-state index in [-0.39, 0.29) is 19.7 Å². The number of nitriles is 1. The first kappa shape index (κ1) is 21.5. The van der Waals surface area contributed by atoms with E-state index in [4.69, 9.17) is 5.26 Å². The van der Waals surface area contributed by atoms with Crippen molar-refractivity contribution < 1.29 is 20.8 Å². The molecule has 168 valence electrons. The third-order valence-electron chi connectivity index (χ3n) is 5.38. The van der Waals surface area contributed by atoms with Crippen LogP contribution in [-0.2, 0) is 17.4 Å². The van der Waals surface area contributed by atoms with E-state index in [1.54, 1.807) is 13.0 Å². The van der Waals surface area contributed by atoms with Gasteiger partial charge in [-0.25, -0.2) is 0 Å². The lowest BCUT2D eigenvalue weighted by Gasteiger charge is -2.18. The molecule has 2 N–H and O–H groups in total. The summed E-state index contributed by atoms with van der Waals surface area (Å²) in [5.41, 5.74) is -1.59. The number of amides is 1. The van der Waals surface area contributed by atoms with Crippen molar-refractivity contribution in [2.75, 3.05) is 0 Å². The van der Waals surface area contributed by atoms with Gasteiger partial charge in [0.05, 0.1) is 40.5 Å². The maximum atomic E-state index is 14.1. The number of carbonyl (C=O) groups excluding carboxylic acids is 1. The summed E-state index contributed by atoms with van der Waals surface area (Å²) in [6.07, 6.45) is -1.42. The highest BCUT2D eigenvalue weighted by Crippen LogP contribution is 2.45. The van der Waals surface area contributed by atoms with E-state index in [0.717, 1.165) is 12.8 Å². The molecule has 7 nitrogen and oxygen atoms in total. The van der Waals surface area contributed by atoms with Crippen LogP contribution in [0, 0.1) is 11.3 Å².